The maximum absolute atomic E-state index is 2.43. The third-order valence-electron chi connectivity index (χ3n) is 10.8. The van der Waals surface area contributed by atoms with Gasteiger partial charge >= 0.3 is 0 Å². The van der Waals surface area contributed by atoms with Crippen LogP contribution in [0.1, 0.15) is 25.0 Å². The summed E-state index contributed by atoms with van der Waals surface area (Å²) in [5.74, 6) is 0. The Balaban J connectivity index is 1.03. The fourth-order valence-corrected chi connectivity index (χ4v) is 8.31. The summed E-state index contributed by atoms with van der Waals surface area (Å²) < 4.78 is 0. The molecule has 1 aliphatic rings. The molecule has 0 saturated heterocycles. The Hall–Kier alpha value is -5.72. The smallest absolute Gasteiger partial charge is 0.0159 e. The van der Waals surface area contributed by atoms with Gasteiger partial charge in [-0.25, -0.2) is 0 Å². The Kier molecular flexibility index (Phi) is 5.44. The van der Waals surface area contributed by atoms with E-state index in [9.17, 15) is 0 Å². The van der Waals surface area contributed by atoms with Crippen LogP contribution in [-0.2, 0) is 5.41 Å². The van der Waals surface area contributed by atoms with Crippen molar-refractivity contribution in [1.29, 1.82) is 0 Å². The van der Waals surface area contributed by atoms with Crippen LogP contribution in [0.5, 0.6) is 0 Å². The number of hydrogen-bond donors (Lipinski definition) is 0. The van der Waals surface area contributed by atoms with E-state index in [0.29, 0.717) is 0 Å². The highest BCUT2D eigenvalue weighted by molar-refractivity contribution is 6.25. The van der Waals surface area contributed by atoms with E-state index in [0.717, 1.165) is 0 Å². The summed E-state index contributed by atoms with van der Waals surface area (Å²) in [4.78, 5) is 0. The molecule has 0 amide bonds. The van der Waals surface area contributed by atoms with Gasteiger partial charge in [0.05, 0.1) is 0 Å². The molecule has 0 N–H and O–H groups in total. The molecule has 9 aromatic carbocycles. The Bertz CT molecular complexity index is 2670. The first-order valence-corrected chi connectivity index (χ1v) is 16.6. The van der Waals surface area contributed by atoms with E-state index in [1.165, 1.54) is 98.7 Å². The summed E-state index contributed by atoms with van der Waals surface area (Å²) in [5, 5.41) is 10.5. The molecule has 0 saturated carbocycles. The van der Waals surface area contributed by atoms with Crippen LogP contribution in [0.3, 0.4) is 0 Å². The topological polar surface area (TPSA) is 0 Å². The highest BCUT2D eigenvalue weighted by Gasteiger charge is 2.35. The predicted molar refractivity (Wildman–Crippen MR) is 202 cm³/mol. The zero-order valence-corrected chi connectivity index (χ0v) is 26.5. The van der Waals surface area contributed by atoms with Crippen molar-refractivity contribution >= 4 is 43.1 Å². The fraction of sp³-hybridized carbons (Fsp3) is 0.0638. The summed E-state index contributed by atoms with van der Waals surface area (Å²) in [6, 6.07) is 58.9. The molecule has 0 radical (unpaired) electrons. The number of hydrogen-bond acceptors (Lipinski definition) is 0. The third-order valence-corrected chi connectivity index (χ3v) is 10.8. The maximum atomic E-state index is 2.43. The molecule has 0 fully saturated rings. The Labute approximate surface area is 274 Å². The summed E-state index contributed by atoms with van der Waals surface area (Å²) in [6.45, 7) is 4.74. The average molecular weight is 597 g/mol. The van der Waals surface area contributed by atoms with Crippen molar-refractivity contribution in [2.24, 2.45) is 0 Å². The van der Waals surface area contributed by atoms with Gasteiger partial charge < -0.3 is 0 Å². The van der Waals surface area contributed by atoms with E-state index in [4.69, 9.17) is 0 Å². The van der Waals surface area contributed by atoms with Gasteiger partial charge in [-0.05, 0) is 123 Å². The van der Waals surface area contributed by atoms with Gasteiger partial charge in [0.1, 0.15) is 0 Å². The molecule has 0 aliphatic heterocycles. The lowest BCUT2D eigenvalue weighted by Gasteiger charge is -2.22. The van der Waals surface area contributed by atoms with Crippen LogP contribution in [0.15, 0.2) is 158 Å². The first-order valence-electron chi connectivity index (χ1n) is 16.6. The number of rotatable bonds is 3. The first kappa shape index (κ1) is 26.5. The molecular weight excluding hydrogens is 565 g/mol. The predicted octanol–water partition coefficient (Wildman–Crippen LogP) is 13.0. The van der Waals surface area contributed by atoms with Crippen LogP contribution in [0.25, 0.3) is 87.6 Å². The maximum Gasteiger partial charge on any atom is 0.0159 e. The molecule has 0 heteroatoms. The average Bonchev–Trinajstić information content (AvgIpc) is 3.35. The molecule has 220 valence electrons. The molecule has 0 atom stereocenters. The quantitative estimate of drug-likeness (QED) is 0.178. The lowest BCUT2D eigenvalue weighted by Crippen LogP contribution is -2.15. The molecule has 0 nitrogen and oxygen atoms in total. The SMILES string of the molecule is CC1(C)c2cc(-c3ccccc3)ccc2-c2ccc(-c3ccc4cc(-c5ccc6ccc7cccc8ccc5c6c78)ccc4c3)cc21. The molecule has 0 bridgehead atoms. The van der Waals surface area contributed by atoms with Crippen LogP contribution >= 0.6 is 0 Å². The van der Waals surface area contributed by atoms with Gasteiger partial charge in [-0.1, -0.05) is 147 Å². The van der Waals surface area contributed by atoms with Gasteiger partial charge in [0.2, 0.25) is 0 Å². The van der Waals surface area contributed by atoms with Crippen molar-refractivity contribution in [2.75, 3.05) is 0 Å². The molecule has 47 heavy (non-hydrogen) atoms. The van der Waals surface area contributed by atoms with E-state index < -0.39 is 0 Å². The Morgan fingerprint density at radius 3 is 1.51 bits per heavy atom. The lowest BCUT2D eigenvalue weighted by molar-refractivity contribution is 0.661. The van der Waals surface area contributed by atoms with Gasteiger partial charge in [-0.3, -0.25) is 0 Å². The fourth-order valence-electron chi connectivity index (χ4n) is 8.31. The second kappa shape index (κ2) is 9.64. The van der Waals surface area contributed by atoms with E-state index in [-0.39, 0.29) is 5.41 Å². The van der Waals surface area contributed by atoms with E-state index in [2.05, 4.69) is 172 Å². The summed E-state index contributed by atoms with van der Waals surface area (Å²) in [5.41, 5.74) is 13.1. The van der Waals surface area contributed by atoms with Crippen LogP contribution in [-0.4, -0.2) is 0 Å². The van der Waals surface area contributed by atoms with Crippen LogP contribution in [0, 0.1) is 0 Å². The van der Waals surface area contributed by atoms with Crippen molar-refractivity contribution in [3.63, 3.8) is 0 Å². The largest absolute Gasteiger partial charge is 0.0622 e. The van der Waals surface area contributed by atoms with Gasteiger partial charge in [0.25, 0.3) is 0 Å². The standard InChI is InChI=1S/C47H32/c1-47(2)43-27-36(29-7-4-3-5-8-29)19-22-40(43)41-23-20-37(28-44(41)47)34-13-14-35-26-38(16-15-33(35)25-34)39-21-17-32-12-11-30-9-6-10-31-18-24-42(39)46(32)45(30)31/h3-28H,1-2H3. The van der Waals surface area contributed by atoms with Gasteiger partial charge in [-0.2, -0.15) is 0 Å². The molecule has 0 aromatic heterocycles. The molecule has 1 aliphatic carbocycles. The van der Waals surface area contributed by atoms with Gasteiger partial charge in [0.15, 0.2) is 0 Å². The van der Waals surface area contributed by atoms with E-state index in [1.54, 1.807) is 0 Å². The minimum absolute atomic E-state index is 0.0715. The summed E-state index contributed by atoms with van der Waals surface area (Å²) in [7, 11) is 0. The molecule has 10 rings (SSSR count). The summed E-state index contributed by atoms with van der Waals surface area (Å²) >= 11 is 0. The zero-order valence-electron chi connectivity index (χ0n) is 26.5. The van der Waals surface area contributed by atoms with Crippen molar-refractivity contribution in [3.05, 3.63) is 169 Å². The van der Waals surface area contributed by atoms with Gasteiger partial charge in [-0.15, -0.1) is 0 Å². The third kappa shape index (κ3) is 3.88. The number of fused-ring (bicyclic) bond motifs is 4. The van der Waals surface area contributed by atoms with Crippen molar-refractivity contribution in [3.8, 4) is 44.5 Å². The highest BCUT2D eigenvalue weighted by atomic mass is 14.4. The number of benzene rings is 9. The molecule has 0 unspecified atom stereocenters. The second-order valence-electron chi connectivity index (χ2n) is 13.8. The molecule has 0 heterocycles. The first-order chi connectivity index (χ1) is 23.0. The normalized spacial score (nSPS) is 13.5. The zero-order chi connectivity index (χ0) is 31.3. The molecule has 9 aromatic rings. The highest BCUT2D eigenvalue weighted by Crippen LogP contribution is 2.51. The van der Waals surface area contributed by atoms with Gasteiger partial charge in [0, 0.05) is 5.41 Å². The second-order valence-corrected chi connectivity index (χ2v) is 13.8. The minimum atomic E-state index is -0.0715. The van der Waals surface area contributed by atoms with Crippen LogP contribution in [0.2, 0.25) is 0 Å². The monoisotopic (exact) mass is 596 g/mol. The minimum Gasteiger partial charge on any atom is -0.0622 e. The Morgan fingerprint density at radius 2 is 0.809 bits per heavy atom. The van der Waals surface area contributed by atoms with Crippen LogP contribution in [0.4, 0.5) is 0 Å². The van der Waals surface area contributed by atoms with Crippen molar-refractivity contribution in [2.45, 2.75) is 19.3 Å². The van der Waals surface area contributed by atoms with E-state index >= 15 is 0 Å². The Morgan fingerprint density at radius 1 is 0.319 bits per heavy atom. The van der Waals surface area contributed by atoms with Crippen molar-refractivity contribution in [1.82, 2.24) is 0 Å². The molecule has 0 spiro atoms. The lowest BCUT2D eigenvalue weighted by atomic mass is 9.81. The molecular formula is C47H32. The summed E-state index contributed by atoms with van der Waals surface area (Å²) in [6.07, 6.45) is 0. The van der Waals surface area contributed by atoms with Crippen LogP contribution < -0.4 is 0 Å². The van der Waals surface area contributed by atoms with Crippen molar-refractivity contribution < 1.29 is 0 Å². The van der Waals surface area contributed by atoms with E-state index in [1.807, 2.05) is 0 Å².